The molecule has 0 spiro atoms. The lowest BCUT2D eigenvalue weighted by Gasteiger charge is -2.35. The summed E-state index contributed by atoms with van der Waals surface area (Å²) >= 11 is 0. The first-order valence-corrected chi connectivity index (χ1v) is 6.38. The van der Waals surface area contributed by atoms with Crippen molar-refractivity contribution in [3.05, 3.63) is 33.9 Å². The smallest absolute Gasteiger partial charge is 0.338 e. The van der Waals surface area contributed by atoms with Crippen LogP contribution in [0.4, 0.5) is 11.4 Å². The van der Waals surface area contributed by atoms with Crippen molar-refractivity contribution < 1.29 is 14.5 Å². The topological polar surface area (TPSA) is 84.7 Å². The fourth-order valence-electron chi connectivity index (χ4n) is 2.36. The summed E-state index contributed by atoms with van der Waals surface area (Å²) in [5, 5.41) is 14.5. The molecule has 1 aromatic rings. The quantitative estimate of drug-likeness (QED) is 0.508. The molecular formula is C13H17N3O4. The summed E-state index contributed by atoms with van der Waals surface area (Å²) < 4.78 is 4.59. The third-order valence-corrected chi connectivity index (χ3v) is 3.40. The van der Waals surface area contributed by atoms with Crippen LogP contribution in [0.1, 0.15) is 17.3 Å². The summed E-state index contributed by atoms with van der Waals surface area (Å²) in [6.45, 7) is 4.25. The van der Waals surface area contributed by atoms with Crippen molar-refractivity contribution in [3.63, 3.8) is 0 Å². The number of carbonyl (C=O) groups excluding carboxylic acids is 1. The van der Waals surface area contributed by atoms with Gasteiger partial charge in [0.25, 0.3) is 5.69 Å². The minimum Gasteiger partial charge on any atom is -0.465 e. The van der Waals surface area contributed by atoms with E-state index in [1.807, 2.05) is 11.8 Å². The highest BCUT2D eigenvalue weighted by Gasteiger charge is 2.26. The number of rotatable bonds is 3. The molecule has 108 valence electrons. The van der Waals surface area contributed by atoms with Crippen LogP contribution >= 0.6 is 0 Å². The molecule has 1 aromatic carbocycles. The Bertz CT molecular complexity index is 532. The van der Waals surface area contributed by atoms with Crippen LogP contribution in [-0.2, 0) is 4.74 Å². The molecule has 0 saturated carbocycles. The molecule has 0 aliphatic carbocycles. The minimum absolute atomic E-state index is 0.0679. The lowest BCUT2D eigenvalue weighted by molar-refractivity contribution is -0.384. The number of hydrogen-bond donors (Lipinski definition) is 1. The van der Waals surface area contributed by atoms with Crippen molar-refractivity contribution in [2.75, 3.05) is 31.6 Å². The van der Waals surface area contributed by atoms with E-state index in [0.29, 0.717) is 12.2 Å². The zero-order valence-corrected chi connectivity index (χ0v) is 11.5. The van der Waals surface area contributed by atoms with E-state index in [0.717, 1.165) is 13.1 Å². The van der Waals surface area contributed by atoms with E-state index < -0.39 is 10.9 Å². The first-order valence-electron chi connectivity index (χ1n) is 6.38. The number of nitrogens with zero attached hydrogens (tertiary/aromatic N) is 2. The van der Waals surface area contributed by atoms with Gasteiger partial charge >= 0.3 is 5.97 Å². The first kappa shape index (κ1) is 14.3. The molecule has 0 radical (unpaired) electrons. The number of carbonyl (C=O) groups is 1. The minimum atomic E-state index is -0.576. The van der Waals surface area contributed by atoms with Crippen LogP contribution in [0.15, 0.2) is 18.2 Å². The van der Waals surface area contributed by atoms with Gasteiger partial charge in [0.15, 0.2) is 0 Å². The van der Waals surface area contributed by atoms with Crippen molar-refractivity contribution >= 4 is 17.3 Å². The molecule has 20 heavy (non-hydrogen) atoms. The normalized spacial score (nSPS) is 18.7. The number of benzene rings is 1. The Labute approximate surface area is 116 Å². The molecule has 7 nitrogen and oxygen atoms in total. The van der Waals surface area contributed by atoms with Crippen LogP contribution in [0.3, 0.4) is 0 Å². The molecule has 0 aromatic heterocycles. The molecule has 7 heteroatoms. The van der Waals surface area contributed by atoms with Crippen LogP contribution in [0.2, 0.25) is 0 Å². The van der Waals surface area contributed by atoms with Gasteiger partial charge in [0, 0.05) is 31.7 Å². The second-order valence-electron chi connectivity index (χ2n) is 4.70. The second kappa shape index (κ2) is 5.87. The standard InChI is InChI=1S/C13H17N3O4/c1-9-8-14-5-6-15(9)11-4-3-10(13(17)20-2)7-12(11)16(18)19/h3-4,7,9,14H,5-6,8H2,1-2H3. The van der Waals surface area contributed by atoms with Crippen molar-refractivity contribution in [3.8, 4) is 0 Å². The van der Waals surface area contributed by atoms with Gasteiger partial charge in [-0.1, -0.05) is 0 Å². The van der Waals surface area contributed by atoms with E-state index in [9.17, 15) is 14.9 Å². The van der Waals surface area contributed by atoms with Gasteiger partial charge < -0.3 is 15.0 Å². The van der Waals surface area contributed by atoms with Crippen molar-refractivity contribution in [2.45, 2.75) is 13.0 Å². The Morgan fingerprint density at radius 2 is 2.30 bits per heavy atom. The summed E-state index contributed by atoms with van der Waals surface area (Å²) in [4.78, 5) is 24.2. The summed E-state index contributed by atoms with van der Waals surface area (Å²) in [5.41, 5.74) is 0.657. The number of piperazine rings is 1. The highest BCUT2D eigenvalue weighted by atomic mass is 16.6. The summed E-state index contributed by atoms with van der Waals surface area (Å²) in [5.74, 6) is -0.576. The number of nitro groups is 1. The SMILES string of the molecule is COC(=O)c1ccc(N2CCNCC2C)c([N+](=O)[O-])c1. The number of anilines is 1. The van der Waals surface area contributed by atoms with Gasteiger partial charge in [-0.2, -0.15) is 0 Å². The molecule has 1 heterocycles. The molecule has 1 fully saturated rings. The van der Waals surface area contributed by atoms with E-state index in [2.05, 4.69) is 10.1 Å². The van der Waals surface area contributed by atoms with E-state index in [4.69, 9.17) is 0 Å². The van der Waals surface area contributed by atoms with Gasteiger partial charge in [-0.05, 0) is 19.1 Å². The lowest BCUT2D eigenvalue weighted by Crippen LogP contribution is -2.50. The number of ether oxygens (including phenoxy) is 1. The number of esters is 1. The predicted molar refractivity (Wildman–Crippen MR) is 74.1 cm³/mol. The maximum atomic E-state index is 11.5. The molecule has 1 saturated heterocycles. The van der Waals surface area contributed by atoms with Crippen LogP contribution < -0.4 is 10.2 Å². The van der Waals surface area contributed by atoms with E-state index in [1.165, 1.54) is 13.2 Å². The molecule has 1 N–H and O–H groups in total. The summed E-state index contributed by atoms with van der Waals surface area (Å²) in [7, 11) is 1.25. The van der Waals surface area contributed by atoms with Crippen molar-refractivity contribution in [1.82, 2.24) is 5.32 Å². The number of nitrogens with one attached hydrogen (secondary N) is 1. The average Bonchev–Trinajstić information content (AvgIpc) is 2.46. The fraction of sp³-hybridized carbons (Fsp3) is 0.462. The maximum absolute atomic E-state index is 11.5. The van der Waals surface area contributed by atoms with Gasteiger partial charge in [0.2, 0.25) is 0 Å². The van der Waals surface area contributed by atoms with Gasteiger partial charge in [-0.3, -0.25) is 10.1 Å². The van der Waals surface area contributed by atoms with E-state index in [-0.39, 0.29) is 17.3 Å². The average molecular weight is 279 g/mol. The molecule has 2 rings (SSSR count). The summed E-state index contributed by atoms with van der Waals surface area (Å²) in [6, 6.07) is 4.61. The number of nitro benzene ring substituents is 1. The Balaban J connectivity index is 2.42. The predicted octanol–water partition coefficient (Wildman–Crippen LogP) is 1.18. The monoisotopic (exact) mass is 279 g/mol. The largest absolute Gasteiger partial charge is 0.465 e. The second-order valence-corrected chi connectivity index (χ2v) is 4.70. The van der Waals surface area contributed by atoms with Crippen molar-refractivity contribution in [1.29, 1.82) is 0 Å². The van der Waals surface area contributed by atoms with Gasteiger partial charge in [-0.25, -0.2) is 4.79 Å². The van der Waals surface area contributed by atoms with E-state index in [1.54, 1.807) is 12.1 Å². The van der Waals surface area contributed by atoms with Crippen LogP contribution in [-0.4, -0.2) is 43.7 Å². The molecule has 1 aliphatic heterocycles. The highest BCUT2D eigenvalue weighted by molar-refractivity contribution is 5.91. The van der Waals surface area contributed by atoms with Crippen LogP contribution in [0, 0.1) is 10.1 Å². The maximum Gasteiger partial charge on any atom is 0.338 e. The van der Waals surface area contributed by atoms with Gasteiger partial charge in [0.05, 0.1) is 17.6 Å². The van der Waals surface area contributed by atoms with E-state index >= 15 is 0 Å². The third-order valence-electron chi connectivity index (χ3n) is 3.40. The molecule has 0 amide bonds. The molecule has 1 atom stereocenters. The molecule has 1 aliphatic rings. The Kier molecular flexibility index (Phi) is 4.19. The van der Waals surface area contributed by atoms with Gasteiger partial charge in [0.1, 0.15) is 5.69 Å². The zero-order valence-electron chi connectivity index (χ0n) is 11.5. The number of hydrogen-bond acceptors (Lipinski definition) is 6. The zero-order chi connectivity index (χ0) is 14.7. The highest BCUT2D eigenvalue weighted by Crippen LogP contribution is 2.31. The third kappa shape index (κ3) is 2.72. The van der Waals surface area contributed by atoms with Crippen LogP contribution in [0.25, 0.3) is 0 Å². The van der Waals surface area contributed by atoms with Gasteiger partial charge in [-0.15, -0.1) is 0 Å². The number of methoxy groups -OCH3 is 1. The molecular weight excluding hydrogens is 262 g/mol. The molecule has 1 unspecified atom stereocenters. The van der Waals surface area contributed by atoms with Crippen LogP contribution in [0.5, 0.6) is 0 Å². The molecule has 0 bridgehead atoms. The lowest BCUT2D eigenvalue weighted by atomic mass is 10.1. The Hall–Kier alpha value is -2.15. The first-order chi connectivity index (χ1) is 9.54. The van der Waals surface area contributed by atoms with Crippen molar-refractivity contribution in [2.24, 2.45) is 0 Å². The Morgan fingerprint density at radius 1 is 1.55 bits per heavy atom. The summed E-state index contributed by atoms with van der Waals surface area (Å²) in [6.07, 6.45) is 0. The fourth-order valence-corrected chi connectivity index (χ4v) is 2.36. The Morgan fingerprint density at radius 3 is 2.90 bits per heavy atom.